The molecule has 0 aliphatic heterocycles. The lowest BCUT2D eigenvalue weighted by Crippen LogP contribution is -2.42. The minimum atomic E-state index is -1.03. The normalized spacial score (nSPS) is 14.7. The maximum absolute atomic E-state index is 10.7. The number of nitrogens with two attached hydrogens (primary N) is 1. The van der Waals surface area contributed by atoms with Crippen molar-refractivity contribution in [1.82, 2.24) is 10.3 Å². The summed E-state index contributed by atoms with van der Waals surface area (Å²) in [6, 6.07) is 2.13. The lowest BCUT2D eigenvalue weighted by molar-refractivity contribution is -0.139. The molecule has 1 rings (SSSR count). The highest BCUT2D eigenvalue weighted by atomic mass is 16.4. The van der Waals surface area contributed by atoms with Gasteiger partial charge in [-0.3, -0.25) is 9.78 Å². The van der Waals surface area contributed by atoms with Crippen molar-refractivity contribution >= 4 is 5.97 Å². The third-order valence-corrected chi connectivity index (χ3v) is 2.02. The van der Waals surface area contributed by atoms with Crippen molar-refractivity contribution < 1.29 is 9.90 Å². The van der Waals surface area contributed by atoms with E-state index in [1.165, 1.54) is 0 Å². The molecule has 1 aromatic rings. The molecule has 1 heterocycles. The zero-order valence-corrected chi connectivity index (χ0v) is 7.84. The van der Waals surface area contributed by atoms with E-state index in [0.29, 0.717) is 0 Å². The molecule has 2 atom stereocenters. The Hall–Kier alpha value is -1.46. The van der Waals surface area contributed by atoms with Crippen molar-refractivity contribution in [3.05, 3.63) is 30.1 Å². The predicted octanol–water partition coefficient (Wildman–Crippen LogP) is -0.246. The van der Waals surface area contributed by atoms with E-state index in [1.807, 2.05) is 0 Å². The minimum Gasteiger partial charge on any atom is -0.480 e. The first-order valence-corrected chi connectivity index (χ1v) is 4.22. The fraction of sp³-hybridized carbons (Fsp3) is 0.333. The Labute approximate surface area is 82.0 Å². The molecule has 0 radical (unpaired) electrons. The topological polar surface area (TPSA) is 88.2 Å². The Bertz CT molecular complexity index is 302. The zero-order chi connectivity index (χ0) is 10.6. The Morgan fingerprint density at radius 1 is 1.57 bits per heavy atom. The molecule has 0 amide bonds. The summed E-state index contributed by atoms with van der Waals surface area (Å²) < 4.78 is 0. The number of nitrogens with one attached hydrogen (secondary N) is 1. The smallest absolute Gasteiger partial charge is 0.322 e. The maximum atomic E-state index is 10.7. The molecular formula is C9H13N3O2. The van der Waals surface area contributed by atoms with E-state index in [4.69, 9.17) is 10.8 Å². The summed E-state index contributed by atoms with van der Waals surface area (Å²) >= 11 is 0. The minimum absolute atomic E-state index is 0.393. The number of carboxylic acid groups (broad SMARTS) is 1. The van der Waals surface area contributed by atoms with E-state index in [9.17, 15) is 4.79 Å². The summed E-state index contributed by atoms with van der Waals surface area (Å²) in [7, 11) is 1.67. The van der Waals surface area contributed by atoms with Crippen molar-refractivity contribution in [2.45, 2.75) is 12.1 Å². The molecule has 0 saturated carbocycles. The molecule has 2 unspecified atom stereocenters. The molecule has 5 heteroatoms. The molecule has 1 aromatic heterocycles. The molecule has 4 N–H and O–H groups in total. The van der Waals surface area contributed by atoms with Crippen LogP contribution in [-0.4, -0.2) is 29.1 Å². The summed E-state index contributed by atoms with van der Waals surface area (Å²) in [6.45, 7) is 0. The number of aliphatic carboxylic acids is 1. The van der Waals surface area contributed by atoms with Crippen LogP contribution in [0.3, 0.4) is 0 Å². The van der Waals surface area contributed by atoms with Gasteiger partial charge in [-0.15, -0.1) is 0 Å². The van der Waals surface area contributed by atoms with Crippen LogP contribution in [0.2, 0.25) is 0 Å². The van der Waals surface area contributed by atoms with Gasteiger partial charge in [-0.1, -0.05) is 0 Å². The maximum Gasteiger partial charge on any atom is 0.322 e. The van der Waals surface area contributed by atoms with Gasteiger partial charge in [0.25, 0.3) is 0 Å². The number of rotatable bonds is 4. The first-order chi connectivity index (χ1) is 6.66. The SMILES string of the molecule is CNC(c1ccncc1)C(N)C(=O)O. The van der Waals surface area contributed by atoms with E-state index < -0.39 is 18.1 Å². The molecule has 0 saturated heterocycles. The van der Waals surface area contributed by atoms with Gasteiger partial charge in [0, 0.05) is 12.4 Å². The van der Waals surface area contributed by atoms with Gasteiger partial charge in [0.1, 0.15) is 6.04 Å². The molecule has 0 aromatic carbocycles. The Kier molecular flexibility index (Phi) is 3.55. The first-order valence-electron chi connectivity index (χ1n) is 4.22. The van der Waals surface area contributed by atoms with Crippen LogP contribution < -0.4 is 11.1 Å². The number of hydrogen-bond donors (Lipinski definition) is 3. The third-order valence-electron chi connectivity index (χ3n) is 2.02. The van der Waals surface area contributed by atoms with Crippen LogP contribution in [0.5, 0.6) is 0 Å². The van der Waals surface area contributed by atoms with E-state index in [-0.39, 0.29) is 0 Å². The van der Waals surface area contributed by atoms with E-state index in [2.05, 4.69) is 10.3 Å². The number of aromatic nitrogens is 1. The number of hydrogen-bond acceptors (Lipinski definition) is 4. The molecule has 14 heavy (non-hydrogen) atoms. The molecular weight excluding hydrogens is 182 g/mol. The van der Waals surface area contributed by atoms with Crippen LogP contribution in [-0.2, 0) is 4.79 Å². The Morgan fingerprint density at radius 3 is 2.57 bits per heavy atom. The zero-order valence-electron chi connectivity index (χ0n) is 7.84. The van der Waals surface area contributed by atoms with Gasteiger partial charge in [0.05, 0.1) is 6.04 Å². The summed E-state index contributed by atoms with van der Waals surface area (Å²) in [6.07, 6.45) is 3.21. The van der Waals surface area contributed by atoms with Crippen molar-refractivity contribution in [3.8, 4) is 0 Å². The van der Waals surface area contributed by atoms with Crippen LogP contribution in [0, 0.1) is 0 Å². The lowest BCUT2D eigenvalue weighted by Gasteiger charge is -2.20. The first kappa shape index (κ1) is 10.6. The van der Waals surface area contributed by atoms with E-state index in [1.54, 1.807) is 31.6 Å². The lowest BCUT2D eigenvalue weighted by atomic mass is 10.0. The van der Waals surface area contributed by atoms with Crippen LogP contribution in [0.4, 0.5) is 0 Å². The largest absolute Gasteiger partial charge is 0.480 e. The highest BCUT2D eigenvalue weighted by Crippen LogP contribution is 2.13. The van der Waals surface area contributed by atoms with Crippen molar-refractivity contribution in [3.63, 3.8) is 0 Å². The molecule has 0 aliphatic carbocycles. The Balaban J connectivity index is 2.87. The molecule has 0 spiro atoms. The number of likely N-dealkylation sites (N-methyl/N-ethyl adjacent to an activating group) is 1. The summed E-state index contributed by atoms with van der Waals surface area (Å²) in [4.78, 5) is 14.5. The second-order valence-electron chi connectivity index (χ2n) is 2.91. The monoisotopic (exact) mass is 195 g/mol. The van der Waals surface area contributed by atoms with Gasteiger partial charge >= 0.3 is 5.97 Å². The van der Waals surface area contributed by atoms with Gasteiger partial charge in [0.2, 0.25) is 0 Å². The fourth-order valence-corrected chi connectivity index (χ4v) is 1.27. The highest BCUT2D eigenvalue weighted by Gasteiger charge is 2.23. The summed E-state index contributed by atoms with van der Waals surface area (Å²) in [5.74, 6) is -1.03. The summed E-state index contributed by atoms with van der Waals surface area (Å²) in [5, 5.41) is 11.6. The molecule has 76 valence electrons. The molecule has 0 bridgehead atoms. The van der Waals surface area contributed by atoms with Gasteiger partial charge in [0.15, 0.2) is 0 Å². The van der Waals surface area contributed by atoms with Gasteiger partial charge in [-0.05, 0) is 24.7 Å². The van der Waals surface area contributed by atoms with Crippen LogP contribution in [0.1, 0.15) is 11.6 Å². The van der Waals surface area contributed by atoms with Gasteiger partial charge < -0.3 is 16.2 Å². The molecule has 0 fully saturated rings. The van der Waals surface area contributed by atoms with Crippen LogP contribution >= 0.6 is 0 Å². The second-order valence-corrected chi connectivity index (χ2v) is 2.91. The van der Waals surface area contributed by atoms with Crippen molar-refractivity contribution in [1.29, 1.82) is 0 Å². The van der Waals surface area contributed by atoms with Gasteiger partial charge in [-0.25, -0.2) is 0 Å². The third kappa shape index (κ3) is 2.27. The van der Waals surface area contributed by atoms with Crippen LogP contribution in [0.15, 0.2) is 24.5 Å². The number of nitrogens with zero attached hydrogens (tertiary/aromatic N) is 1. The average molecular weight is 195 g/mol. The second kappa shape index (κ2) is 4.69. The Morgan fingerprint density at radius 2 is 2.14 bits per heavy atom. The molecule has 5 nitrogen and oxygen atoms in total. The molecule has 0 aliphatic rings. The standard InChI is InChI=1S/C9H13N3O2/c1-11-8(7(10)9(13)14)6-2-4-12-5-3-6/h2-5,7-8,11H,10H2,1H3,(H,13,14). The van der Waals surface area contributed by atoms with Crippen molar-refractivity contribution in [2.75, 3.05) is 7.05 Å². The number of pyridine rings is 1. The number of carbonyl (C=O) groups is 1. The van der Waals surface area contributed by atoms with Crippen molar-refractivity contribution in [2.24, 2.45) is 5.73 Å². The highest BCUT2D eigenvalue weighted by molar-refractivity contribution is 5.74. The van der Waals surface area contributed by atoms with Crippen LogP contribution in [0.25, 0.3) is 0 Å². The van der Waals surface area contributed by atoms with E-state index >= 15 is 0 Å². The summed E-state index contributed by atoms with van der Waals surface area (Å²) in [5.41, 5.74) is 6.34. The number of carboxylic acids is 1. The fourth-order valence-electron chi connectivity index (χ4n) is 1.27. The quantitative estimate of drug-likeness (QED) is 0.616. The predicted molar refractivity (Wildman–Crippen MR) is 51.6 cm³/mol. The van der Waals surface area contributed by atoms with Gasteiger partial charge in [-0.2, -0.15) is 0 Å². The average Bonchev–Trinajstić information content (AvgIpc) is 2.20. The van der Waals surface area contributed by atoms with E-state index in [0.717, 1.165) is 5.56 Å².